The highest BCUT2D eigenvalue weighted by atomic mass is 16.2. The van der Waals surface area contributed by atoms with Gasteiger partial charge in [-0.2, -0.15) is 0 Å². The minimum atomic E-state index is -0.703. The summed E-state index contributed by atoms with van der Waals surface area (Å²) in [5.74, 6) is -1.37. The Morgan fingerprint density at radius 2 is 2.15 bits per heavy atom. The van der Waals surface area contributed by atoms with Crippen LogP contribution in [0.15, 0.2) is 24.4 Å². The van der Waals surface area contributed by atoms with Crippen molar-refractivity contribution in [2.45, 2.75) is 57.2 Å². The molecule has 3 aliphatic rings. The molecule has 0 aliphatic carbocycles. The van der Waals surface area contributed by atoms with E-state index in [0.717, 1.165) is 31.6 Å². The van der Waals surface area contributed by atoms with Crippen molar-refractivity contribution >= 4 is 29.3 Å². The monoisotopic (exact) mass is 465 g/mol. The first-order valence-corrected chi connectivity index (χ1v) is 11.5. The average molecular weight is 466 g/mol. The number of hydrogen-bond donors (Lipinski definition) is 3. The van der Waals surface area contributed by atoms with E-state index < -0.39 is 11.9 Å². The third-order valence-corrected chi connectivity index (χ3v) is 6.92. The molecule has 11 nitrogen and oxygen atoms in total. The van der Waals surface area contributed by atoms with E-state index in [1.807, 2.05) is 6.20 Å². The predicted octanol–water partition coefficient (Wildman–Crippen LogP) is 0.319. The van der Waals surface area contributed by atoms with E-state index in [4.69, 9.17) is 0 Å². The number of amides is 4. The summed E-state index contributed by atoms with van der Waals surface area (Å²) in [7, 11) is 0. The quantitative estimate of drug-likeness (QED) is 0.541. The van der Waals surface area contributed by atoms with Crippen LogP contribution in [0.5, 0.6) is 0 Å². The maximum atomic E-state index is 13.0. The molecule has 178 valence electrons. The van der Waals surface area contributed by atoms with E-state index in [9.17, 15) is 19.2 Å². The van der Waals surface area contributed by atoms with Gasteiger partial charge in [-0.3, -0.25) is 24.5 Å². The molecule has 2 atom stereocenters. The van der Waals surface area contributed by atoms with E-state index in [1.54, 1.807) is 18.2 Å². The zero-order valence-electron chi connectivity index (χ0n) is 19.0. The smallest absolute Gasteiger partial charge is 0.255 e. The van der Waals surface area contributed by atoms with Crippen LogP contribution in [0.3, 0.4) is 0 Å². The molecular weight excluding hydrogens is 438 g/mol. The summed E-state index contributed by atoms with van der Waals surface area (Å²) < 4.78 is 1.52. The Morgan fingerprint density at radius 3 is 2.91 bits per heavy atom. The molecule has 3 aliphatic heterocycles. The number of fused-ring (bicyclic) bond motifs is 1. The molecule has 2 unspecified atom stereocenters. The lowest BCUT2D eigenvalue weighted by Gasteiger charge is -2.31. The molecule has 4 amide bonds. The van der Waals surface area contributed by atoms with Crippen LogP contribution in [0.1, 0.15) is 54.2 Å². The van der Waals surface area contributed by atoms with Gasteiger partial charge < -0.3 is 15.5 Å². The fourth-order valence-electron chi connectivity index (χ4n) is 4.97. The van der Waals surface area contributed by atoms with Gasteiger partial charge in [-0.05, 0) is 37.9 Å². The second kappa shape index (κ2) is 8.64. The Kier molecular flexibility index (Phi) is 5.64. The molecule has 34 heavy (non-hydrogen) atoms. The number of carbonyl (C=O) groups excluding carboxylic acids is 4. The first kappa shape index (κ1) is 22.2. The highest BCUT2D eigenvalue weighted by Crippen LogP contribution is 2.32. The Bertz CT molecular complexity index is 1170. The molecule has 5 rings (SSSR count). The van der Waals surface area contributed by atoms with Crippen molar-refractivity contribution in [2.24, 2.45) is 0 Å². The van der Waals surface area contributed by atoms with E-state index in [2.05, 4.69) is 33.2 Å². The number of anilines is 1. The number of hydrogen-bond acceptors (Lipinski definition) is 7. The van der Waals surface area contributed by atoms with Crippen molar-refractivity contribution in [2.75, 3.05) is 18.4 Å². The standard InChI is InChI=1S/C23H27N7O4/c1-23(8-3-9-24-13-23)18-11-29(28-27-18)12-20(32)25-16-5-2-4-14-15(16)10-30(22(14)34)17-6-7-19(31)26-21(17)33/h2,4-5,11,17,24H,3,6-10,12-13H2,1H3,(H,25,32)(H,26,31,33). The number of aromatic nitrogens is 3. The van der Waals surface area contributed by atoms with Crippen LogP contribution in [0.4, 0.5) is 5.69 Å². The summed E-state index contributed by atoms with van der Waals surface area (Å²) in [6.07, 6.45) is 4.37. The third-order valence-electron chi connectivity index (χ3n) is 6.92. The number of piperidine rings is 2. The van der Waals surface area contributed by atoms with Crippen molar-refractivity contribution < 1.29 is 19.2 Å². The van der Waals surface area contributed by atoms with Gasteiger partial charge in [0.1, 0.15) is 12.6 Å². The Morgan fingerprint density at radius 1 is 1.29 bits per heavy atom. The number of nitrogens with one attached hydrogen (secondary N) is 3. The Hall–Kier alpha value is -3.60. The first-order valence-electron chi connectivity index (χ1n) is 11.5. The Balaban J connectivity index is 1.27. The molecule has 0 radical (unpaired) electrons. The predicted molar refractivity (Wildman–Crippen MR) is 121 cm³/mol. The molecule has 2 aromatic rings. The minimum absolute atomic E-state index is 0.00895. The first-order chi connectivity index (χ1) is 16.3. The molecular formula is C23H27N7O4. The summed E-state index contributed by atoms with van der Waals surface area (Å²) in [6, 6.07) is 4.41. The van der Waals surface area contributed by atoms with Gasteiger partial charge in [0, 0.05) is 47.9 Å². The molecule has 2 fully saturated rings. The summed E-state index contributed by atoms with van der Waals surface area (Å²) >= 11 is 0. The molecule has 0 saturated carbocycles. The maximum Gasteiger partial charge on any atom is 0.255 e. The number of rotatable bonds is 5. The van der Waals surface area contributed by atoms with Gasteiger partial charge in [-0.1, -0.05) is 18.2 Å². The number of benzene rings is 1. The molecule has 0 bridgehead atoms. The van der Waals surface area contributed by atoms with Crippen molar-refractivity contribution in [1.29, 1.82) is 0 Å². The highest BCUT2D eigenvalue weighted by molar-refractivity contribution is 6.06. The zero-order valence-corrected chi connectivity index (χ0v) is 19.0. The van der Waals surface area contributed by atoms with E-state index in [-0.39, 0.29) is 49.1 Å². The average Bonchev–Trinajstić information content (AvgIpc) is 3.40. The molecule has 0 spiro atoms. The largest absolute Gasteiger partial charge is 0.324 e. The summed E-state index contributed by atoms with van der Waals surface area (Å²) in [5, 5.41) is 17.0. The van der Waals surface area contributed by atoms with Crippen molar-refractivity contribution in [1.82, 2.24) is 30.5 Å². The lowest BCUT2D eigenvalue weighted by molar-refractivity contribution is -0.137. The van der Waals surface area contributed by atoms with E-state index in [0.29, 0.717) is 16.8 Å². The topological polar surface area (TPSA) is 138 Å². The lowest BCUT2D eigenvalue weighted by atomic mass is 9.80. The van der Waals surface area contributed by atoms with Crippen LogP contribution in [0.25, 0.3) is 0 Å². The second-order valence-corrected chi connectivity index (χ2v) is 9.42. The minimum Gasteiger partial charge on any atom is -0.324 e. The van der Waals surface area contributed by atoms with Crippen LogP contribution in [0, 0.1) is 0 Å². The van der Waals surface area contributed by atoms with Crippen molar-refractivity contribution in [3.05, 3.63) is 41.2 Å². The van der Waals surface area contributed by atoms with Crippen molar-refractivity contribution in [3.8, 4) is 0 Å². The Labute approximate surface area is 196 Å². The SMILES string of the molecule is CC1(c2cn(CC(=O)Nc3cccc4c3CN(C3CCC(=O)NC3=O)C4=O)nn2)CCCNC1. The van der Waals surface area contributed by atoms with E-state index in [1.165, 1.54) is 9.58 Å². The van der Waals surface area contributed by atoms with E-state index >= 15 is 0 Å². The van der Waals surface area contributed by atoms with Crippen LogP contribution in [-0.2, 0) is 32.9 Å². The van der Waals surface area contributed by atoms with Crippen LogP contribution in [0.2, 0.25) is 0 Å². The van der Waals surface area contributed by atoms with Crippen molar-refractivity contribution in [3.63, 3.8) is 0 Å². The summed E-state index contributed by atoms with van der Waals surface area (Å²) in [4.78, 5) is 51.0. The van der Waals surface area contributed by atoms with Crippen LogP contribution in [-0.4, -0.2) is 62.7 Å². The number of nitrogens with zero attached hydrogens (tertiary/aromatic N) is 4. The second-order valence-electron chi connectivity index (χ2n) is 9.42. The van der Waals surface area contributed by atoms with Gasteiger partial charge in [0.25, 0.3) is 5.91 Å². The zero-order chi connectivity index (χ0) is 23.9. The normalized spacial score (nSPS) is 24.7. The molecule has 2 saturated heterocycles. The third kappa shape index (κ3) is 4.07. The van der Waals surface area contributed by atoms with Gasteiger partial charge in [-0.15, -0.1) is 5.10 Å². The highest BCUT2D eigenvalue weighted by Gasteiger charge is 2.40. The lowest BCUT2D eigenvalue weighted by Crippen LogP contribution is -2.52. The van der Waals surface area contributed by atoms with Gasteiger partial charge in [0.2, 0.25) is 17.7 Å². The van der Waals surface area contributed by atoms with Gasteiger partial charge in [0.15, 0.2) is 0 Å². The number of carbonyl (C=O) groups is 4. The van der Waals surface area contributed by atoms with Gasteiger partial charge in [0.05, 0.1) is 5.69 Å². The molecule has 1 aromatic carbocycles. The molecule has 1 aromatic heterocycles. The van der Waals surface area contributed by atoms with Gasteiger partial charge in [-0.25, -0.2) is 4.68 Å². The molecule has 4 heterocycles. The molecule has 3 N–H and O–H groups in total. The fourth-order valence-corrected chi connectivity index (χ4v) is 4.97. The summed E-state index contributed by atoms with van der Waals surface area (Å²) in [5.41, 5.74) is 2.38. The molecule has 11 heteroatoms. The number of imide groups is 1. The fraction of sp³-hybridized carbons (Fsp3) is 0.478. The maximum absolute atomic E-state index is 13.0. The van der Waals surface area contributed by atoms with Crippen LogP contribution >= 0.6 is 0 Å². The summed E-state index contributed by atoms with van der Waals surface area (Å²) in [6.45, 7) is 4.15. The van der Waals surface area contributed by atoms with Crippen LogP contribution < -0.4 is 16.0 Å². The van der Waals surface area contributed by atoms with Gasteiger partial charge >= 0.3 is 0 Å².